The van der Waals surface area contributed by atoms with Gasteiger partial charge in [0.1, 0.15) is 0 Å². The molecular weight excluding hydrogens is 220 g/mol. The van der Waals surface area contributed by atoms with Gasteiger partial charge in [-0.05, 0) is 36.9 Å². The zero-order valence-electron chi connectivity index (χ0n) is 11.9. The molecule has 0 aromatic heterocycles. The van der Waals surface area contributed by atoms with Crippen LogP contribution in [0.2, 0.25) is 0 Å². The molecule has 0 aliphatic carbocycles. The molecule has 0 spiro atoms. The third-order valence-corrected chi connectivity index (χ3v) is 3.80. The number of nitrogens with zero attached hydrogens (tertiary/aromatic N) is 1. The molecule has 1 rings (SSSR count). The van der Waals surface area contributed by atoms with Crippen LogP contribution in [0.25, 0.3) is 0 Å². The Labute approximate surface area is 111 Å². The lowest BCUT2D eigenvalue weighted by Crippen LogP contribution is -2.24. The minimum Gasteiger partial charge on any atom is -0.312 e. The van der Waals surface area contributed by atoms with E-state index < -0.39 is 0 Å². The second-order valence-corrected chi connectivity index (χ2v) is 4.89. The Balaban J connectivity index is 2.92. The van der Waals surface area contributed by atoms with Gasteiger partial charge in [0.2, 0.25) is 0 Å². The van der Waals surface area contributed by atoms with Gasteiger partial charge in [-0.25, -0.2) is 0 Å². The first-order valence-electron chi connectivity index (χ1n) is 6.84. The van der Waals surface area contributed by atoms with Crippen molar-refractivity contribution in [1.29, 1.82) is 5.26 Å². The molecule has 0 fully saturated rings. The fraction of sp³-hybridized carbons (Fsp3) is 0.562. The summed E-state index contributed by atoms with van der Waals surface area (Å²) in [6.45, 7) is 6.51. The molecule has 0 amide bonds. The summed E-state index contributed by atoms with van der Waals surface area (Å²) >= 11 is 0. The molecule has 3 atom stereocenters. The van der Waals surface area contributed by atoms with Crippen molar-refractivity contribution >= 4 is 0 Å². The lowest BCUT2D eigenvalue weighted by Gasteiger charge is -2.21. The van der Waals surface area contributed by atoms with Crippen LogP contribution in [0.5, 0.6) is 0 Å². The van der Waals surface area contributed by atoms with E-state index in [0.717, 1.165) is 12.8 Å². The summed E-state index contributed by atoms with van der Waals surface area (Å²) in [6, 6.07) is 11.2. The molecule has 0 aliphatic rings. The van der Waals surface area contributed by atoms with Crippen LogP contribution in [-0.4, -0.2) is 7.05 Å². The van der Waals surface area contributed by atoms with Crippen LogP contribution in [0.1, 0.15) is 56.7 Å². The van der Waals surface area contributed by atoms with E-state index in [9.17, 15) is 5.26 Å². The van der Waals surface area contributed by atoms with E-state index in [1.807, 2.05) is 7.05 Å². The predicted octanol–water partition coefficient (Wildman–Crippen LogP) is 4.01. The van der Waals surface area contributed by atoms with Gasteiger partial charge in [-0.1, -0.05) is 45.0 Å². The summed E-state index contributed by atoms with van der Waals surface area (Å²) < 4.78 is 0. The molecule has 2 heteroatoms. The number of benzene rings is 1. The summed E-state index contributed by atoms with van der Waals surface area (Å²) in [5.41, 5.74) is 2.58. The highest BCUT2D eigenvalue weighted by molar-refractivity contribution is 5.28. The molecule has 0 aliphatic heterocycles. The zero-order chi connectivity index (χ0) is 13.5. The van der Waals surface area contributed by atoms with Crippen LogP contribution < -0.4 is 5.32 Å². The number of hydrogen-bond donors (Lipinski definition) is 1. The summed E-state index contributed by atoms with van der Waals surface area (Å²) in [7, 11) is 1.92. The van der Waals surface area contributed by atoms with Crippen LogP contribution in [0.15, 0.2) is 24.3 Å². The van der Waals surface area contributed by atoms with E-state index in [4.69, 9.17) is 0 Å². The minimum absolute atomic E-state index is 0.0319. The van der Waals surface area contributed by atoms with Gasteiger partial charge in [0.05, 0.1) is 12.0 Å². The average Bonchev–Trinajstić information content (AvgIpc) is 2.44. The van der Waals surface area contributed by atoms with E-state index in [1.54, 1.807) is 0 Å². The zero-order valence-corrected chi connectivity index (χ0v) is 11.9. The highest BCUT2D eigenvalue weighted by Gasteiger charge is 2.19. The maximum absolute atomic E-state index is 9.18. The second kappa shape index (κ2) is 7.18. The van der Waals surface area contributed by atoms with Gasteiger partial charge in [0.25, 0.3) is 0 Å². The van der Waals surface area contributed by atoms with Crippen LogP contribution in [0, 0.1) is 17.2 Å². The van der Waals surface area contributed by atoms with Gasteiger partial charge in [-0.2, -0.15) is 5.26 Å². The first-order chi connectivity index (χ1) is 8.67. The van der Waals surface area contributed by atoms with Crippen molar-refractivity contribution < 1.29 is 0 Å². The van der Waals surface area contributed by atoms with E-state index in [0.29, 0.717) is 5.92 Å². The topological polar surface area (TPSA) is 35.8 Å². The number of nitriles is 1. The Hall–Kier alpha value is -1.33. The fourth-order valence-electron chi connectivity index (χ4n) is 2.27. The van der Waals surface area contributed by atoms with Crippen molar-refractivity contribution in [1.82, 2.24) is 5.32 Å². The van der Waals surface area contributed by atoms with Crippen LogP contribution in [0.4, 0.5) is 0 Å². The maximum Gasteiger partial charge on any atom is 0.0675 e. The van der Waals surface area contributed by atoms with Gasteiger partial charge in [0, 0.05) is 6.04 Å². The van der Waals surface area contributed by atoms with Crippen molar-refractivity contribution in [2.75, 3.05) is 7.05 Å². The lowest BCUT2D eigenvalue weighted by atomic mass is 9.90. The Morgan fingerprint density at radius 3 is 2.06 bits per heavy atom. The molecule has 2 nitrogen and oxygen atoms in total. The largest absolute Gasteiger partial charge is 0.312 e. The van der Waals surface area contributed by atoms with Crippen molar-refractivity contribution in [2.24, 2.45) is 5.92 Å². The molecule has 98 valence electrons. The van der Waals surface area contributed by atoms with Crippen LogP contribution in [-0.2, 0) is 0 Å². The predicted molar refractivity (Wildman–Crippen MR) is 76.3 cm³/mol. The first kappa shape index (κ1) is 14.7. The van der Waals surface area contributed by atoms with Crippen molar-refractivity contribution in [3.8, 4) is 6.07 Å². The van der Waals surface area contributed by atoms with Gasteiger partial charge in [0.15, 0.2) is 0 Å². The van der Waals surface area contributed by atoms with Gasteiger partial charge in [-0.15, -0.1) is 0 Å². The number of hydrogen-bond acceptors (Lipinski definition) is 2. The lowest BCUT2D eigenvalue weighted by molar-refractivity contribution is 0.449. The number of nitrogens with one attached hydrogen (secondary N) is 1. The molecule has 0 saturated carbocycles. The molecule has 1 N–H and O–H groups in total. The average molecular weight is 244 g/mol. The molecule has 0 heterocycles. The van der Waals surface area contributed by atoms with Gasteiger partial charge in [-0.3, -0.25) is 0 Å². The Bertz CT molecular complexity index is 389. The summed E-state index contributed by atoms with van der Waals surface area (Å²) in [5, 5.41) is 12.4. The van der Waals surface area contributed by atoms with Crippen molar-refractivity contribution in [3.05, 3.63) is 35.4 Å². The summed E-state index contributed by atoms with van der Waals surface area (Å²) in [4.78, 5) is 0. The Kier molecular flexibility index (Phi) is 5.88. The van der Waals surface area contributed by atoms with Gasteiger partial charge < -0.3 is 5.32 Å². The molecule has 0 saturated heterocycles. The maximum atomic E-state index is 9.18. The monoisotopic (exact) mass is 244 g/mol. The van der Waals surface area contributed by atoms with E-state index in [-0.39, 0.29) is 12.0 Å². The van der Waals surface area contributed by atoms with Crippen molar-refractivity contribution in [3.63, 3.8) is 0 Å². The SMILES string of the molecule is CCC(C)c1ccc(C(NC)C(C#N)CC)cc1. The minimum atomic E-state index is 0.0319. The highest BCUT2D eigenvalue weighted by atomic mass is 14.9. The number of rotatable bonds is 6. The molecule has 3 unspecified atom stereocenters. The smallest absolute Gasteiger partial charge is 0.0675 e. The third kappa shape index (κ3) is 3.34. The Morgan fingerprint density at radius 2 is 1.67 bits per heavy atom. The standard InChI is InChI=1S/C16H24N2/c1-5-12(3)14-7-9-15(10-8-14)16(18-4)13(6-2)11-17/h7-10,12-13,16,18H,5-6H2,1-4H3. The third-order valence-electron chi connectivity index (χ3n) is 3.80. The molecule has 18 heavy (non-hydrogen) atoms. The molecule has 1 aromatic rings. The second-order valence-electron chi connectivity index (χ2n) is 4.89. The Morgan fingerprint density at radius 1 is 1.11 bits per heavy atom. The normalized spacial score (nSPS) is 15.7. The molecule has 0 radical (unpaired) electrons. The van der Waals surface area contributed by atoms with E-state index in [2.05, 4.69) is 56.4 Å². The van der Waals surface area contributed by atoms with Gasteiger partial charge >= 0.3 is 0 Å². The van der Waals surface area contributed by atoms with E-state index in [1.165, 1.54) is 11.1 Å². The molecular formula is C16H24N2. The first-order valence-corrected chi connectivity index (χ1v) is 6.84. The fourth-order valence-corrected chi connectivity index (χ4v) is 2.27. The van der Waals surface area contributed by atoms with E-state index >= 15 is 0 Å². The van der Waals surface area contributed by atoms with Crippen LogP contribution in [0.3, 0.4) is 0 Å². The van der Waals surface area contributed by atoms with Crippen LogP contribution >= 0.6 is 0 Å². The quantitative estimate of drug-likeness (QED) is 0.820. The van der Waals surface area contributed by atoms with Crippen molar-refractivity contribution in [2.45, 2.75) is 45.6 Å². The molecule has 1 aromatic carbocycles. The molecule has 0 bridgehead atoms. The summed E-state index contributed by atoms with van der Waals surface area (Å²) in [5.74, 6) is 0.634. The summed E-state index contributed by atoms with van der Waals surface area (Å²) in [6.07, 6.45) is 2.03. The highest BCUT2D eigenvalue weighted by Crippen LogP contribution is 2.26.